The summed E-state index contributed by atoms with van der Waals surface area (Å²) >= 11 is 0. The molecule has 0 saturated carbocycles. The molecule has 0 fully saturated rings. The first kappa shape index (κ1) is 15.0. The summed E-state index contributed by atoms with van der Waals surface area (Å²) in [6, 6.07) is 34.0. The van der Waals surface area contributed by atoms with Gasteiger partial charge < -0.3 is 8.98 Å². The fourth-order valence-electron chi connectivity index (χ4n) is 4.71. The highest BCUT2D eigenvalue weighted by molar-refractivity contribution is 6.18. The first-order chi connectivity index (χ1) is 14.4. The minimum absolute atomic E-state index is 0.874. The van der Waals surface area contributed by atoms with Crippen LogP contribution >= 0.6 is 0 Å². The second kappa shape index (κ2) is 5.30. The first-order valence-electron chi connectivity index (χ1n) is 9.80. The lowest BCUT2D eigenvalue weighted by molar-refractivity contribution is 0.657. The summed E-state index contributed by atoms with van der Waals surface area (Å²) in [5.74, 6) is 0. The summed E-state index contributed by atoms with van der Waals surface area (Å²) < 4.78 is 10.9. The second-order valence-corrected chi connectivity index (χ2v) is 7.48. The van der Waals surface area contributed by atoms with Gasteiger partial charge in [0.05, 0.1) is 16.6 Å². The Bertz CT molecular complexity index is 1700. The minimum atomic E-state index is 0.874. The highest BCUT2D eigenvalue weighted by atomic mass is 16.3. The highest BCUT2D eigenvalue weighted by Crippen LogP contribution is 2.39. The summed E-state index contributed by atoms with van der Waals surface area (Å²) in [7, 11) is 0. The summed E-state index contributed by atoms with van der Waals surface area (Å²) in [6.07, 6.45) is 0. The number of fused-ring (bicyclic) bond motifs is 9. The molecule has 0 atom stereocenters. The Labute approximate surface area is 166 Å². The largest absolute Gasteiger partial charge is 0.438 e. The fourth-order valence-corrected chi connectivity index (χ4v) is 4.71. The SMILES string of the molecule is c1ccc(-n2c3ccccc3c3ccc4oc5cc6ccccc6n5c4c32)cc1. The predicted octanol–water partition coefficient (Wildman–Crippen LogP) is 6.94. The van der Waals surface area contributed by atoms with Crippen molar-refractivity contribution in [1.82, 2.24) is 8.97 Å². The number of aromatic nitrogens is 2. The standard InChI is InChI=1S/C26H16N2O/c1-2-9-18(10-3-1)27-22-13-7-5-11-19(22)20-14-15-23-26(25(20)27)28-21-12-6-4-8-17(21)16-24(28)29-23/h1-16H. The average Bonchev–Trinajstić information content (AvgIpc) is 3.41. The molecule has 7 aromatic rings. The van der Waals surface area contributed by atoms with Gasteiger partial charge in [0.2, 0.25) is 5.71 Å². The maximum atomic E-state index is 6.28. The lowest BCUT2D eigenvalue weighted by Gasteiger charge is -2.08. The van der Waals surface area contributed by atoms with Crippen LogP contribution in [0.5, 0.6) is 0 Å². The van der Waals surface area contributed by atoms with Crippen LogP contribution in [0.15, 0.2) is 101 Å². The molecule has 0 radical (unpaired) electrons. The van der Waals surface area contributed by atoms with E-state index in [1.54, 1.807) is 0 Å². The Hall–Kier alpha value is -3.98. The summed E-state index contributed by atoms with van der Waals surface area (Å²) in [5.41, 5.74) is 7.58. The molecule has 3 heterocycles. The monoisotopic (exact) mass is 372 g/mol. The molecule has 0 unspecified atom stereocenters. The Morgan fingerprint density at radius 2 is 1.34 bits per heavy atom. The van der Waals surface area contributed by atoms with E-state index in [1.165, 1.54) is 32.7 Å². The predicted molar refractivity (Wildman–Crippen MR) is 119 cm³/mol. The number of nitrogens with zero attached hydrogens (tertiary/aromatic N) is 2. The van der Waals surface area contributed by atoms with Gasteiger partial charge in [-0.1, -0.05) is 54.6 Å². The average molecular weight is 372 g/mol. The second-order valence-electron chi connectivity index (χ2n) is 7.48. The van der Waals surface area contributed by atoms with Crippen LogP contribution in [0.3, 0.4) is 0 Å². The molecule has 4 aromatic carbocycles. The van der Waals surface area contributed by atoms with Crippen LogP contribution in [0, 0.1) is 0 Å². The summed E-state index contributed by atoms with van der Waals surface area (Å²) in [4.78, 5) is 0. The van der Waals surface area contributed by atoms with Crippen LogP contribution in [0.2, 0.25) is 0 Å². The Morgan fingerprint density at radius 3 is 2.24 bits per heavy atom. The number of para-hydroxylation sites is 3. The fraction of sp³-hybridized carbons (Fsp3) is 0. The molecule has 0 aliphatic heterocycles. The van der Waals surface area contributed by atoms with E-state index in [-0.39, 0.29) is 0 Å². The van der Waals surface area contributed by atoms with Crippen LogP contribution in [-0.2, 0) is 0 Å². The topological polar surface area (TPSA) is 22.5 Å². The van der Waals surface area contributed by atoms with Gasteiger partial charge in [0.25, 0.3) is 0 Å². The molecular weight excluding hydrogens is 356 g/mol. The van der Waals surface area contributed by atoms with Crippen molar-refractivity contribution in [3.8, 4) is 5.69 Å². The van der Waals surface area contributed by atoms with Gasteiger partial charge in [-0.15, -0.1) is 0 Å². The van der Waals surface area contributed by atoms with Crippen molar-refractivity contribution in [1.29, 1.82) is 0 Å². The zero-order chi connectivity index (χ0) is 18.9. The molecule has 0 saturated heterocycles. The third kappa shape index (κ3) is 1.87. The molecule has 136 valence electrons. The van der Waals surface area contributed by atoms with Crippen molar-refractivity contribution in [2.75, 3.05) is 0 Å². The molecule has 3 heteroatoms. The van der Waals surface area contributed by atoms with E-state index >= 15 is 0 Å². The van der Waals surface area contributed by atoms with Gasteiger partial charge in [0.15, 0.2) is 5.58 Å². The molecule has 0 aliphatic rings. The van der Waals surface area contributed by atoms with E-state index in [0.29, 0.717) is 0 Å². The smallest absolute Gasteiger partial charge is 0.206 e. The molecule has 7 rings (SSSR count). The number of hydrogen-bond acceptors (Lipinski definition) is 1. The highest BCUT2D eigenvalue weighted by Gasteiger charge is 2.20. The van der Waals surface area contributed by atoms with Crippen molar-refractivity contribution >= 4 is 49.5 Å². The minimum Gasteiger partial charge on any atom is -0.438 e. The van der Waals surface area contributed by atoms with E-state index in [9.17, 15) is 0 Å². The van der Waals surface area contributed by atoms with Gasteiger partial charge in [-0.2, -0.15) is 0 Å². The molecule has 29 heavy (non-hydrogen) atoms. The third-order valence-electron chi connectivity index (χ3n) is 5.90. The van der Waals surface area contributed by atoms with Crippen molar-refractivity contribution < 1.29 is 4.42 Å². The van der Waals surface area contributed by atoms with Crippen molar-refractivity contribution in [3.05, 3.63) is 97.1 Å². The zero-order valence-electron chi connectivity index (χ0n) is 15.5. The zero-order valence-corrected chi connectivity index (χ0v) is 15.5. The van der Waals surface area contributed by atoms with Gasteiger partial charge in [0, 0.05) is 27.9 Å². The maximum absolute atomic E-state index is 6.28. The van der Waals surface area contributed by atoms with Crippen molar-refractivity contribution in [3.63, 3.8) is 0 Å². The Balaban J connectivity index is 1.82. The van der Waals surface area contributed by atoms with Gasteiger partial charge in [0.1, 0.15) is 5.52 Å². The number of benzene rings is 4. The number of hydrogen-bond donors (Lipinski definition) is 0. The van der Waals surface area contributed by atoms with Crippen molar-refractivity contribution in [2.24, 2.45) is 0 Å². The Morgan fingerprint density at radius 1 is 0.586 bits per heavy atom. The van der Waals surface area contributed by atoms with E-state index in [2.05, 4.69) is 106 Å². The van der Waals surface area contributed by atoms with E-state index in [4.69, 9.17) is 4.42 Å². The van der Waals surface area contributed by atoms with Crippen molar-refractivity contribution in [2.45, 2.75) is 0 Å². The Kier molecular flexibility index (Phi) is 2.74. The molecule has 0 spiro atoms. The molecule has 0 bridgehead atoms. The molecule has 0 amide bonds. The molecule has 0 N–H and O–H groups in total. The van der Waals surface area contributed by atoms with Gasteiger partial charge in [-0.3, -0.25) is 4.40 Å². The van der Waals surface area contributed by atoms with Gasteiger partial charge in [-0.25, -0.2) is 0 Å². The van der Waals surface area contributed by atoms with E-state index in [1.807, 2.05) is 0 Å². The lowest BCUT2D eigenvalue weighted by atomic mass is 10.1. The summed E-state index contributed by atoms with van der Waals surface area (Å²) in [5, 5.41) is 3.67. The normalized spacial score (nSPS) is 12.1. The first-order valence-corrected chi connectivity index (χ1v) is 9.80. The van der Waals surface area contributed by atoms with Crippen LogP contribution in [0.25, 0.3) is 55.2 Å². The maximum Gasteiger partial charge on any atom is 0.206 e. The van der Waals surface area contributed by atoms with Crippen LogP contribution < -0.4 is 0 Å². The molecule has 3 nitrogen and oxygen atoms in total. The molecule has 0 aliphatic carbocycles. The quantitative estimate of drug-likeness (QED) is 0.306. The van der Waals surface area contributed by atoms with E-state index < -0.39 is 0 Å². The van der Waals surface area contributed by atoms with Crippen LogP contribution in [-0.4, -0.2) is 8.97 Å². The van der Waals surface area contributed by atoms with E-state index in [0.717, 1.165) is 22.5 Å². The third-order valence-corrected chi connectivity index (χ3v) is 5.90. The number of rotatable bonds is 1. The number of oxazole rings is 1. The van der Waals surface area contributed by atoms with Crippen LogP contribution in [0.1, 0.15) is 0 Å². The lowest BCUT2D eigenvalue weighted by Crippen LogP contribution is -1.95. The van der Waals surface area contributed by atoms with Gasteiger partial charge >= 0.3 is 0 Å². The van der Waals surface area contributed by atoms with Gasteiger partial charge in [-0.05, 0) is 36.4 Å². The molecular formula is C26H16N2O. The summed E-state index contributed by atoms with van der Waals surface area (Å²) in [6.45, 7) is 0. The van der Waals surface area contributed by atoms with Crippen LogP contribution in [0.4, 0.5) is 0 Å². The molecule has 3 aromatic heterocycles.